The highest BCUT2D eigenvalue weighted by Crippen LogP contribution is 2.23. The molecular weight excluding hydrogens is 174 g/mol. The zero-order valence-corrected chi connectivity index (χ0v) is 8.16. The van der Waals surface area contributed by atoms with E-state index in [0.717, 1.165) is 12.1 Å². The number of benzene rings is 1. The van der Waals surface area contributed by atoms with Crippen molar-refractivity contribution in [2.45, 2.75) is 6.54 Å². The van der Waals surface area contributed by atoms with Gasteiger partial charge in [-0.15, -0.1) is 0 Å². The molecule has 0 amide bonds. The van der Waals surface area contributed by atoms with Crippen molar-refractivity contribution in [3.8, 4) is 11.1 Å². The minimum atomic E-state index is 0.876. The first-order chi connectivity index (χ1) is 6.92. The van der Waals surface area contributed by atoms with E-state index in [-0.39, 0.29) is 0 Å². The van der Waals surface area contributed by atoms with Crippen molar-refractivity contribution in [2.75, 3.05) is 7.05 Å². The molecule has 72 valence electrons. The van der Waals surface area contributed by atoms with E-state index in [4.69, 9.17) is 4.42 Å². The number of hydrogen-bond donors (Lipinski definition) is 1. The predicted molar refractivity (Wildman–Crippen MR) is 56.9 cm³/mol. The lowest BCUT2D eigenvalue weighted by atomic mass is 10.0. The molecule has 0 atom stereocenters. The Morgan fingerprint density at radius 2 is 2.07 bits per heavy atom. The second-order valence-electron chi connectivity index (χ2n) is 3.20. The summed E-state index contributed by atoms with van der Waals surface area (Å²) in [7, 11) is 1.95. The molecule has 0 bridgehead atoms. The molecule has 0 aliphatic heterocycles. The molecule has 0 aliphatic carbocycles. The second kappa shape index (κ2) is 4.11. The first-order valence-electron chi connectivity index (χ1n) is 4.67. The normalized spacial score (nSPS) is 10.4. The SMILES string of the molecule is CNCc1ccccc1-c1ccoc1. The average Bonchev–Trinajstić information content (AvgIpc) is 2.72. The molecule has 0 fully saturated rings. The lowest BCUT2D eigenvalue weighted by Gasteiger charge is -2.06. The van der Waals surface area contributed by atoms with Crippen LogP contribution in [0.3, 0.4) is 0 Å². The van der Waals surface area contributed by atoms with Crippen molar-refractivity contribution in [1.29, 1.82) is 0 Å². The van der Waals surface area contributed by atoms with Gasteiger partial charge in [0.1, 0.15) is 0 Å². The van der Waals surface area contributed by atoms with Crippen LogP contribution >= 0.6 is 0 Å². The second-order valence-corrected chi connectivity index (χ2v) is 3.20. The van der Waals surface area contributed by atoms with Gasteiger partial charge in [0.2, 0.25) is 0 Å². The smallest absolute Gasteiger partial charge is 0.0981 e. The number of nitrogens with one attached hydrogen (secondary N) is 1. The fourth-order valence-corrected chi connectivity index (χ4v) is 1.56. The summed E-state index contributed by atoms with van der Waals surface area (Å²) in [6.45, 7) is 0.876. The third-order valence-electron chi connectivity index (χ3n) is 2.22. The summed E-state index contributed by atoms with van der Waals surface area (Å²) in [5, 5.41) is 3.16. The van der Waals surface area contributed by atoms with Crippen LogP contribution < -0.4 is 5.32 Å². The molecule has 1 heterocycles. The molecule has 0 aliphatic rings. The van der Waals surface area contributed by atoms with E-state index in [9.17, 15) is 0 Å². The summed E-state index contributed by atoms with van der Waals surface area (Å²) in [5.41, 5.74) is 3.66. The Balaban J connectivity index is 2.42. The predicted octanol–water partition coefficient (Wildman–Crippen LogP) is 2.67. The summed E-state index contributed by atoms with van der Waals surface area (Å²) in [6.07, 6.45) is 3.47. The Morgan fingerprint density at radius 3 is 2.79 bits per heavy atom. The molecule has 2 aromatic rings. The molecule has 2 nitrogen and oxygen atoms in total. The Labute approximate surface area is 83.6 Å². The maximum Gasteiger partial charge on any atom is 0.0981 e. The van der Waals surface area contributed by atoms with E-state index >= 15 is 0 Å². The lowest BCUT2D eigenvalue weighted by molar-refractivity contribution is 0.568. The maximum atomic E-state index is 5.08. The van der Waals surface area contributed by atoms with E-state index in [1.165, 1.54) is 11.1 Å². The van der Waals surface area contributed by atoms with Crippen molar-refractivity contribution in [1.82, 2.24) is 5.32 Å². The highest BCUT2D eigenvalue weighted by Gasteiger charge is 2.03. The first-order valence-corrected chi connectivity index (χ1v) is 4.67. The fourth-order valence-electron chi connectivity index (χ4n) is 1.56. The molecule has 0 unspecified atom stereocenters. The van der Waals surface area contributed by atoms with Crippen LogP contribution in [0.5, 0.6) is 0 Å². The van der Waals surface area contributed by atoms with Crippen molar-refractivity contribution in [3.05, 3.63) is 48.4 Å². The van der Waals surface area contributed by atoms with Crippen LogP contribution in [-0.4, -0.2) is 7.05 Å². The van der Waals surface area contributed by atoms with E-state index < -0.39 is 0 Å². The lowest BCUT2D eigenvalue weighted by Crippen LogP contribution is -2.05. The molecule has 14 heavy (non-hydrogen) atoms. The Kier molecular flexibility index (Phi) is 2.65. The Morgan fingerprint density at radius 1 is 1.21 bits per heavy atom. The van der Waals surface area contributed by atoms with Gasteiger partial charge in [-0.1, -0.05) is 24.3 Å². The number of rotatable bonds is 3. The largest absolute Gasteiger partial charge is 0.472 e. The third-order valence-corrected chi connectivity index (χ3v) is 2.22. The zero-order chi connectivity index (χ0) is 9.80. The average molecular weight is 187 g/mol. The van der Waals surface area contributed by atoms with E-state index in [2.05, 4.69) is 23.5 Å². The fraction of sp³-hybridized carbons (Fsp3) is 0.167. The van der Waals surface area contributed by atoms with Crippen LogP contribution in [0.25, 0.3) is 11.1 Å². The van der Waals surface area contributed by atoms with Gasteiger partial charge in [0.25, 0.3) is 0 Å². The summed E-state index contributed by atoms with van der Waals surface area (Å²) in [4.78, 5) is 0. The highest BCUT2D eigenvalue weighted by molar-refractivity contribution is 5.66. The molecule has 0 radical (unpaired) electrons. The molecule has 2 heteroatoms. The van der Waals surface area contributed by atoms with Crippen LogP contribution in [0.1, 0.15) is 5.56 Å². The van der Waals surface area contributed by atoms with Crippen molar-refractivity contribution in [3.63, 3.8) is 0 Å². The van der Waals surface area contributed by atoms with Crippen LogP contribution in [0.15, 0.2) is 47.3 Å². The Bertz CT molecular complexity index is 392. The third kappa shape index (κ3) is 1.70. The molecule has 0 spiro atoms. The van der Waals surface area contributed by atoms with Crippen LogP contribution in [0, 0.1) is 0 Å². The van der Waals surface area contributed by atoms with Gasteiger partial charge in [-0.2, -0.15) is 0 Å². The van der Waals surface area contributed by atoms with Gasteiger partial charge >= 0.3 is 0 Å². The summed E-state index contributed by atoms with van der Waals surface area (Å²) in [6, 6.07) is 10.3. The molecule has 2 rings (SSSR count). The monoisotopic (exact) mass is 187 g/mol. The molecule has 0 saturated carbocycles. The van der Waals surface area contributed by atoms with Gasteiger partial charge in [0.05, 0.1) is 12.5 Å². The standard InChI is InChI=1S/C12H13NO/c1-13-8-10-4-2-3-5-12(10)11-6-7-14-9-11/h2-7,9,13H,8H2,1H3. The minimum Gasteiger partial charge on any atom is -0.472 e. The van der Waals surface area contributed by atoms with Gasteiger partial charge in [0, 0.05) is 12.1 Å². The van der Waals surface area contributed by atoms with Gasteiger partial charge in [-0.3, -0.25) is 0 Å². The molecule has 1 N–H and O–H groups in total. The first kappa shape index (κ1) is 9.03. The number of furan rings is 1. The number of hydrogen-bond acceptors (Lipinski definition) is 2. The van der Waals surface area contributed by atoms with E-state index in [1.54, 1.807) is 12.5 Å². The topological polar surface area (TPSA) is 25.2 Å². The zero-order valence-electron chi connectivity index (χ0n) is 8.16. The summed E-state index contributed by atoms with van der Waals surface area (Å²) in [5.74, 6) is 0. The Hall–Kier alpha value is -1.54. The van der Waals surface area contributed by atoms with Gasteiger partial charge in [-0.05, 0) is 24.2 Å². The highest BCUT2D eigenvalue weighted by atomic mass is 16.3. The van der Waals surface area contributed by atoms with Gasteiger partial charge in [0.15, 0.2) is 0 Å². The van der Waals surface area contributed by atoms with Gasteiger partial charge < -0.3 is 9.73 Å². The maximum absolute atomic E-state index is 5.08. The van der Waals surface area contributed by atoms with Crippen molar-refractivity contribution < 1.29 is 4.42 Å². The van der Waals surface area contributed by atoms with E-state index in [0.29, 0.717) is 0 Å². The molecule has 1 aromatic carbocycles. The van der Waals surface area contributed by atoms with Crippen molar-refractivity contribution >= 4 is 0 Å². The summed E-state index contributed by atoms with van der Waals surface area (Å²) < 4.78 is 5.08. The van der Waals surface area contributed by atoms with Crippen LogP contribution in [0.4, 0.5) is 0 Å². The molecule has 0 saturated heterocycles. The van der Waals surface area contributed by atoms with Gasteiger partial charge in [-0.25, -0.2) is 0 Å². The van der Waals surface area contributed by atoms with Crippen molar-refractivity contribution in [2.24, 2.45) is 0 Å². The quantitative estimate of drug-likeness (QED) is 0.799. The molecular formula is C12H13NO. The van der Waals surface area contributed by atoms with E-state index in [1.807, 2.05) is 19.2 Å². The summed E-state index contributed by atoms with van der Waals surface area (Å²) >= 11 is 0. The van der Waals surface area contributed by atoms with Crippen LogP contribution in [-0.2, 0) is 6.54 Å². The molecule has 1 aromatic heterocycles. The minimum absolute atomic E-state index is 0.876. The van der Waals surface area contributed by atoms with Crippen LogP contribution in [0.2, 0.25) is 0 Å².